The van der Waals surface area contributed by atoms with Gasteiger partial charge in [-0.2, -0.15) is 0 Å². The molecular formula is C97H84N14O4Zn. The van der Waals surface area contributed by atoms with Crippen LogP contribution in [0.1, 0.15) is 105 Å². The standard InChI is InChI=1S/C97H86N14O4.Zn/c1-57-45-65(85-54-110(53-84(57)85)82-37-17-63(18-38-82)96(114)98-58(2)94(112)108-68-21-13-61(14-22-68)92-88-41-33-78(104-88)49-74-29-25-70(100-74)47-71-26-30-75(101-71)50-79-34-42-89(92)105-79)11-12-67-46-66(10-9-60-7-5-4-6-8-60)86-55-111(56-87(67)86)83-39-19-64(20-40-83)97(115)99-59(3)95(113)109-69-23-15-62(16-24-69)93-90-43-35-80(106-90)51-76-31-27-72(102-76)48-73-28-32-77(103-73)52-81-36-44-91(93)107-81;/h4-44,47-52,57-59,65-67,84-87H,45-46,53-56H2,1-3H3,(H8,98,99,100,101,102,103,104,105,106,107,108,109,112,113,114,115);/q;+2/p-2/b10-9+,12-11?,70-47?,71-47?,72-48?,73-48?,74-49?,75-50?,76-51?,77-52?,78-49?,79-50?,80-51?,81-52?,92-88?,92-89?,93-90?,93-91?;/t57-,58+,59+,65+,66+,67-,84+,85-,86-,87+;/m1./s1. The van der Waals surface area contributed by atoms with E-state index in [0.717, 1.165) is 162 Å². The van der Waals surface area contributed by atoms with Gasteiger partial charge in [0.05, 0.1) is 45.6 Å². The van der Waals surface area contributed by atoms with Crippen LogP contribution in [0, 0.1) is 47.3 Å². The summed E-state index contributed by atoms with van der Waals surface area (Å²) >= 11 is 0. The van der Waals surface area contributed by atoms with E-state index >= 15 is 0 Å². The van der Waals surface area contributed by atoms with Crippen LogP contribution in [-0.2, 0) is 29.1 Å². The minimum absolute atomic E-state index is 0. The number of benzene rings is 5. The maximum absolute atomic E-state index is 13.9. The SMILES string of the molecule is C[C@H](NC(=O)c1ccc(N2C[C@@H]3[C@H](C2)[C@@H](C=C[C@@H]2C[C@H](/C=C/c4ccccc4)[C@H]4CN(c5ccc(C(=O)N[C@@H](C)C(=O)Nc6ccc(-c7c8nc(cc9ccc(cc%10nc(cc%11ccc7[n-]%11)C=C%10)[n-]9)C=C8)cc6)cc5)C[C@H]42)C[C@H]3C)cc1)C(=O)Nc1ccc(-c2c3nc(cc4ccc(cc5nc(cc6ccc2[nH]6)C=C5)[nH]4)C=C3)cc1.[Zn+2]. The van der Waals surface area contributed by atoms with E-state index in [4.69, 9.17) is 29.9 Å². The van der Waals surface area contributed by atoms with Gasteiger partial charge in [0.25, 0.3) is 11.8 Å². The Morgan fingerprint density at radius 3 is 1.41 bits per heavy atom. The maximum Gasteiger partial charge on any atom is 2.00 e. The van der Waals surface area contributed by atoms with E-state index in [1.54, 1.807) is 13.8 Å². The number of nitrogens with zero attached hydrogens (tertiary/aromatic N) is 8. The molecule has 10 atom stereocenters. The third kappa shape index (κ3) is 15.7. The molecule has 18 nitrogen and oxygen atoms in total. The van der Waals surface area contributed by atoms with Crippen molar-refractivity contribution in [1.29, 1.82) is 0 Å². The average molecular weight is 1580 g/mol. The number of rotatable bonds is 16. The molecule has 5 aromatic carbocycles. The third-order valence-electron chi connectivity index (χ3n) is 24.0. The van der Waals surface area contributed by atoms with Gasteiger partial charge in [-0.15, -0.1) is 22.1 Å². The number of H-pyrrole nitrogens is 2. The van der Waals surface area contributed by atoms with Gasteiger partial charge in [0.15, 0.2) is 0 Å². The number of carbonyl (C=O) groups is 4. The van der Waals surface area contributed by atoms with Crippen LogP contribution in [0.3, 0.4) is 0 Å². The van der Waals surface area contributed by atoms with Crippen molar-refractivity contribution in [2.24, 2.45) is 47.3 Å². The number of nitrogens with one attached hydrogen (secondary N) is 6. The molecule has 6 aliphatic heterocycles. The smallest absolute Gasteiger partial charge is 0.658 e. The fourth-order valence-electron chi connectivity index (χ4n) is 18.1. The van der Waals surface area contributed by atoms with Crippen LogP contribution in [0.5, 0.6) is 0 Å². The Hall–Kier alpha value is -13.1. The molecule has 116 heavy (non-hydrogen) atoms. The molecule has 0 unspecified atom stereocenters. The van der Waals surface area contributed by atoms with E-state index in [1.807, 2.05) is 225 Å². The second-order valence-corrected chi connectivity index (χ2v) is 31.6. The molecule has 19 rings (SSSR count). The van der Waals surface area contributed by atoms with Crippen molar-refractivity contribution in [3.8, 4) is 22.3 Å². The van der Waals surface area contributed by atoms with Crippen molar-refractivity contribution in [2.45, 2.75) is 45.7 Å². The summed E-state index contributed by atoms with van der Waals surface area (Å²) in [6.45, 7) is 9.56. The van der Waals surface area contributed by atoms with E-state index in [2.05, 4.69) is 109 Å². The summed E-state index contributed by atoms with van der Waals surface area (Å²) in [5, 5.41) is 11.9. The van der Waals surface area contributed by atoms with Gasteiger partial charge < -0.3 is 51.0 Å². The summed E-state index contributed by atoms with van der Waals surface area (Å²) in [4.78, 5) is 96.6. The third-order valence-corrected chi connectivity index (χ3v) is 24.0. The van der Waals surface area contributed by atoms with Gasteiger partial charge in [-0.05, 0) is 260 Å². The molecule has 2 saturated carbocycles. The summed E-state index contributed by atoms with van der Waals surface area (Å²) < 4.78 is 0. The van der Waals surface area contributed by atoms with E-state index in [9.17, 15) is 19.2 Å². The molecule has 568 valence electrons. The zero-order chi connectivity index (χ0) is 77.8. The zero-order valence-electron chi connectivity index (χ0n) is 64.6. The minimum atomic E-state index is -0.826. The molecule has 11 aromatic rings. The predicted molar refractivity (Wildman–Crippen MR) is 462 cm³/mol. The monoisotopic (exact) mass is 1570 g/mol. The second-order valence-electron chi connectivity index (χ2n) is 31.6. The molecule has 2 aliphatic carbocycles. The van der Waals surface area contributed by atoms with Crippen molar-refractivity contribution in [3.63, 3.8) is 0 Å². The Bertz CT molecular complexity index is 6230. The van der Waals surface area contributed by atoms with E-state index in [-0.39, 0.29) is 43.1 Å². The molecule has 4 fully saturated rings. The topological polar surface area (TPSA) is 234 Å². The molecule has 19 heteroatoms. The molecule has 12 heterocycles. The van der Waals surface area contributed by atoms with Gasteiger partial charge in [0.2, 0.25) is 11.8 Å². The quantitative estimate of drug-likeness (QED) is 0.0392. The van der Waals surface area contributed by atoms with Crippen LogP contribution >= 0.6 is 0 Å². The Morgan fingerprint density at radius 1 is 0.431 bits per heavy atom. The van der Waals surface area contributed by atoms with Crippen molar-refractivity contribution in [2.75, 3.05) is 46.6 Å². The second kappa shape index (κ2) is 31.7. The molecular weight excluding hydrogens is 1490 g/mol. The van der Waals surface area contributed by atoms with Crippen LogP contribution in [0.2, 0.25) is 0 Å². The number of fused-ring (bicyclic) bond motifs is 18. The molecule has 0 radical (unpaired) electrons. The van der Waals surface area contributed by atoms with Crippen molar-refractivity contribution in [1.82, 2.24) is 50.5 Å². The Morgan fingerprint density at radius 2 is 0.862 bits per heavy atom. The van der Waals surface area contributed by atoms with Gasteiger partial charge >= 0.3 is 19.5 Å². The summed E-state index contributed by atoms with van der Waals surface area (Å²) in [5.74, 6) is 2.49. The van der Waals surface area contributed by atoms with Gasteiger partial charge in [-0.1, -0.05) is 128 Å². The number of amides is 4. The minimum Gasteiger partial charge on any atom is -0.658 e. The van der Waals surface area contributed by atoms with Gasteiger partial charge in [-0.25, -0.2) is 19.9 Å². The van der Waals surface area contributed by atoms with Gasteiger partial charge in [-0.3, -0.25) is 19.2 Å². The number of carbonyl (C=O) groups excluding carboxylic acids is 4. The molecule has 16 bridgehead atoms. The summed E-state index contributed by atoms with van der Waals surface area (Å²) in [5.41, 5.74) is 22.4. The fourth-order valence-corrected chi connectivity index (χ4v) is 18.1. The summed E-state index contributed by atoms with van der Waals surface area (Å²) in [6.07, 6.45) is 28.1. The Balaban J connectivity index is 0.00000931. The predicted octanol–water partition coefficient (Wildman–Crippen LogP) is 18.1. The number of hydrogen-bond acceptors (Lipinski definition) is 10. The maximum atomic E-state index is 13.9. The number of anilines is 4. The number of aromatic amines is 2. The summed E-state index contributed by atoms with van der Waals surface area (Å²) in [7, 11) is 0. The van der Waals surface area contributed by atoms with Crippen LogP contribution in [-0.4, -0.2) is 91.8 Å². The number of hydrogen-bond donors (Lipinski definition) is 6. The van der Waals surface area contributed by atoms with Crippen molar-refractivity contribution >= 4 is 145 Å². The Labute approximate surface area is 684 Å². The first-order valence-corrected chi connectivity index (χ1v) is 39.8. The average Bonchev–Trinajstić information content (AvgIpc) is 1.62. The van der Waals surface area contributed by atoms with E-state index in [1.165, 1.54) is 5.56 Å². The molecule has 0 spiro atoms. The van der Waals surface area contributed by atoms with Crippen molar-refractivity contribution in [3.05, 3.63) is 293 Å². The largest absolute Gasteiger partial charge is 2.00 e. The first-order chi connectivity index (χ1) is 56.2. The summed E-state index contributed by atoms with van der Waals surface area (Å²) in [6, 6.07) is 67.9. The van der Waals surface area contributed by atoms with Crippen LogP contribution in [0.25, 0.3) is 121 Å². The number of aromatic nitrogens is 8. The zero-order valence-corrected chi connectivity index (χ0v) is 67.5. The first-order valence-electron chi connectivity index (χ1n) is 39.8. The number of allylic oxidation sites excluding steroid dienone is 3. The normalized spacial score (nSPS) is 20.1. The van der Waals surface area contributed by atoms with E-state index in [0.29, 0.717) is 69.8 Å². The van der Waals surface area contributed by atoms with Crippen LogP contribution in [0.4, 0.5) is 22.7 Å². The molecule has 2 saturated heterocycles. The molecule has 6 N–H and O–H groups in total. The molecule has 8 aliphatic rings. The van der Waals surface area contributed by atoms with Gasteiger partial charge in [0.1, 0.15) is 12.1 Å². The fraction of sp³-hybridized carbons (Fsp3) is 0.196. The van der Waals surface area contributed by atoms with Gasteiger partial charge in [0, 0.05) is 87.7 Å². The van der Waals surface area contributed by atoms with E-state index < -0.39 is 12.1 Å². The van der Waals surface area contributed by atoms with Crippen LogP contribution < -0.4 is 41.0 Å². The Kier molecular flexibility index (Phi) is 20.3. The molecule has 6 aromatic heterocycles. The van der Waals surface area contributed by atoms with Crippen molar-refractivity contribution < 1.29 is 38.7 Å². The first kappa shape index (κ1) is 74.3. The van der Waals surface area contributed by atoms with Crippen LogP contribution in [0.15, 0.2) is 231 Å². The molecule has 4 amide bonds.